The largest absolute Gasteiger partial charge is 0.508 e. The zero-order chi connectivity index (χ0) is 9.26. The Morgan fingerprint density at radius 3 is 2.38 bits per heavy atom. The van der Waals surface area contributed by atoms with Gasteiger partial charge in [-0.3, -0.25) is 0 Å². The maximum absolute atomic E-state index is 9.05. The third-order valence-corrected chi connectivity index (χ3v) is 2.58. The molecule has 0 aliphatic rings. The van der Waals surface area contributed by atoms with Crippen LogP contribution in [-0.2, 0) is 0 Å². The van der Waals surface area contributed by atoms with Gasteiger partial charge in [-0.2, -0.15) is 0 Å². The lowest BCUT2D eigenvalue weighted by molar-refractivity contribution is 0.475. The average molecular weight is 213 g/mol. The van der Waals surface area contributed by atoms with E-state index in [-0.39, 0.29) is 5.75 Å². The Morgan fingerprint density at radius 1 is 1.15 bits per heavy atom. The maximum Gasteiger partial charge on any atom is 0.207 e. The van der Waals surface area contributed by atoms with E-state index in [2.05, 4.69) is 10.2 Å². The van der Waals surface area contributed by atoms with Crippen LogP contribution in [0.4, 0.5) is 0 Å². The minimum absolute atomic E-state index is 0.236. The summed E-state index contributed by atoms with van der Waals surface area (Å²) >= 11 is 6.95. The highest BCUT2D eigenvalue weighted by Crippen LogP contribution is 2.26. The van der Waals surface area contributed by atoms with Gasteiger partial charge in [-0.1, -0.05) is 11.3 Å². The molecule has 2 aromatic rings. The highest BCUT2D eigenvalue weighted by molar-refractivity contribution is 7.18. The molecule has 0 saturated heterocycles. The molecule has 0 unspecified atom stereocenters. The van der Waals surface area contributed by atoms with Gasteiger partial charge in [0.25, 0.3) is 0 Å². The van der Waals surface area contributed by atoms with Gasteiger partial charge in [0.15, 0.2) is 0 Å². The zero-order valence-corrected chi connectivity index (χ0v) is 8.01. The molecule has 0 aliphatic heterocycles. The van der Waals surface area contributed by atoms with Crippen LogP contribution in [0.1, 0.15) is 0 Å². The molecule has 1 aromatic heterocycles. The van der Waals surface area contributed by atoms with Gasteiger partial charge < -0.3 is 5.11 Å². The Kier molecular flexibility index (Phi) is 2.16. The summed E-state index contributed by atoms with van der Waals surface area (Å²) in [5.74, 6) is 0.236. The molecule has 3 nitrogen and oxygen atoms in total. The summed E-state index contributed by atoms with van der Waals surface area (Å²) in [7, 11) is 0. The Labute approximate surface area is 83.6 Å². The number of hydrogen-bond donors (Lipinski definition) is 1. The van der Waals surface area contributed by atoms with Crippen LogP contribution in [0.3, 0.4) is 0 Å². The number of phenols is 1. The lowest BCUT2D eigenvalue weighted by Crippen LogP contribution is -1.75. The van der Waals surface area contributed by atoms with Crippen molar-refractivity contribution in [3.63, 3.8) is 0 Å². The summed E-state index contributed by atoms with van der Waals surface area (Å²) in [6, 6.07) is 6.74. The first-order valence-electron chi connectivity index (χ1n) is 3.54. The van der Waals surface area contributed by atoms with Gasteiger partial charge in [-0.15, -0.1) is 10.2 Å². The number of phenolic OH excluding ortho intramolecular Hbond substituents is 1. The van der Waals surface area contributed by atoms with Gasteiger partial charge in [0.2, 0.25) is 4.47 Å². The maximum atomic E-state index is 9.05. The predicted octanol–water partition coefficient (Wildman–Crippen LogP) is 2.56. The van der Waals surface area contributed by atoms with E-state index in [4.69, 9.17) is 16.7 Å². The molecule has 0 atom stereocenters. The van der Waals surface area contributed by atoms with Crippen LogP contribution >= 0.6 is 22.9 Å². The van der Waals surface area contributed by atoms with Crippen molar-refractivity contribution in [2.45, 2.75) is 0 Å². The fourth-order valence-corrected chi connectivity index (χ4v) is 1.76. The van der Waals surface area contributed by atoms with Crippen molar-refractivity contribution < 1.29 is 5.11 Å². The summed E-state index contributed by atoms with van der Waals surface area (Å²) < 4.78 is 0.420. The number of halogens is 1. The second-order valence-corrected chi connectivity index (χ2v) is 3.97. The molecule has 0 amide bonds. The quantitative estimate of drug-likeness (QED) is 0.790. The molecular formula is C8H5ClN2OS. The molecule has 0 saturated carbocycles. The molecule has 0 bridgehead atoms. The number of benzene rings is 1. The van der Waals surface area contributed by atoms with Gasteiger partial charge in [0, 0.05) is 5.56 Å². The smallest absolute Gasteiger partial charge is 0.207 e. The summed E-state index contributed by atoms with van der Waals surface area (Å²) in [6.07, 6.45) is 0. The molecule has 66 valence electrons. The van der Waals surface area contributed by atoms with Crippen molar-refractivity contribution >= 4 is 22.9 Å². The van der Waals surface area contributed by atoms with Crippen LogP contribution < -0.4 is 0 Å². The summed E-state index contributed by atoms with van der Waals surface area (Å²) in [6.45, 7) is 0. The van der Waals surface area contributed by atoms with Gasteiger partial charge in [0.1, 0.15) is 10.8 Å². The van der Waals surface area contributed by atoms with Crippen molar-refractivity contribution in [3.8, 4) is 16.3 Å². The van der Waals surface area contributed by atoms with Crippen molar-refractivity contribution in [1.29, 1.82) is 0 Å². The van der Waals surface area contributed by atoms with E-state index in [1.807, 2.05) is 0 Å². The highest BCUT2D eigenvalue weighted by Gasteiger charge is 2.03. The molecule has 2 rings (SSSR count). The van der Waals surface area contributed by atoms with Gasteiger partial charge in [0.05, 0.1) is 0 Å². The third-order valence-electron chi connectivity index (χ3n) is 1.51. The fraction of sp³-hybridized carbons (Fsp3) is 0. The van der Waals surface area contributed by atoms with Crippen molar-refractivity contribution in [2.24, 2.45) is 0 Å². The number of aromatic nitrogens is 2. The summed E-state index contributed by atoms with van der Waals surface area (Å²) in [5, 5.41) is 17.4. The molecule has 0 radical (unpaired) electrons. The molecule has 0 aliphatic carbocycles. The first kappa shape index (κ1) is 8.47. The molecule has 0 spiro atoms. The highest BCUT2D eigenvalue weighted by atomic mass is 35.5. The van der Waals surface area contributed by atoms with Crippen molar-refractivity contribution in [3.05, 3.63) is 28.7 Å². The topological polar surface area (TPSA) is 46.0 Å². The first-order valence-corrected chi connectivity index (χ1v) is 4.73. The zero-order valence-electron chi connectivity index (χ0n) is 6.44. The van der Waals surface area contributed by atoms with Crippen molar-refractivity contribution in [1.82, 2.24) is 10.2 Å². The Balaban J connectivity index is 2.41. The average Bonchev–Trinajstić information content (AvgIpc) is 2.53. The van der Waals surface area contributed by atoms with Gasteiger partial charge in [-0.25, -0.2) is 0 Å². The minimum Gasteiger partial charge on any atom is -0.508 e. The Morgan fingerprint density at radius 2 is 1.85 bits per heavy atom. The molecule has 1 aromatic carbocycles. The van der Waals surface area contributed by atoms with E-state index in [0.29, 0.717) is 4.47 Å². The second kappa shape index (κ2) is 3.32. The lowest BCUT2D eigenvalue weighted by Gasteiger charge is -1.94. The Bertz CT molecular complexity index is 412. The van der Waals surface area contributed by atoms with Gasteiger partial charge >= 0.3 is 0 Å². The monoisotopic (exact) mass is 212 g/mol. The van der Waals surface area contributed by atoms with Crippen LogP contribution in [-0.4, -0.2) is 15.3 Å². The summed E-state index contributed by atoms with van der Waals surface area (Å²) in [5.41, 5.74) is 0.905. The molecule has 1 N–H and O–H groups in total. The number of hydrogen-bond acceptors (Lipinski definition) is 4. The Hall–Kier alpha value is -1.13. The standard InChI is InChI=1S/C8H5ClN2OS/c9-8-11-10-7(13-8)5-1-3-6(12)4-2-5/h1-4,12H. The molecule has 0 fully saturated rings. The fourth-order valence-electron chi connectivity index (χ4n) is 0.926. The van der Waals surface area contributed by atoms with E-state index in [1.165, 1.54) is 11.3 Å². The third kappa shape index (κ3) is 1.79. The van der Waals surface area contributed by atoms with Crippen LogP contribution in [0.25, 0.3) is 10.6 Å². The number of rotatable bonds is 1. The number of nitrogens with zero attached hydrogens (tertiary/aromatic N) is 2. The minimum atomic E-state index is 0.236. The van der Waals surface area contributed by atoms with Crippen LogP contribution in [0.15, 0.2) is 24.3 Å². The van der Waals surface area contributed by atoms with Crippen LogP contribution in [0.5, 0.6) is 5.75 Å². The van der Waals surface area contributed by atoms with Crippen LogP contribution in [0.2, 0.25) is 4.47 Å². The molecule has 13 heavy (non-hydrogen) atoms. The normalized spacial score (nSPS) is 10.2. The SMILES string of the molecule is Oc1ccc(-c2nnc(Cl)s2)cc1. The van der Waals surface area contributed by atoms with E-state index in [0.717, 1.165) is 10.6 Å². The van der Waals surface area contributed by atoms with Crippen molar-refractivity contribution in [2.75, 3.05) is 0 Å². The molecule has 1 heterocycles. The second-order valence-electron chi connectivity index (χ2n) is 2.41. The van der Waals surface area contributed by atoms with E-state index < -0.39 is 0 Å². The van der Waals surface area contributed by atoms with Gasteiger partial charge in [-0.05, 0) is 35.9 Å². The van der Waals surface area contributed by atoms with E-state index in [1.54, 1.807) is 24.3 Å². The summed E-state index contributed by atoms with van der Waals surface area (Å²) in [4.78, 5) is 0. The predicted molar refractivity (Wildman–Crippen MR) is 52.0 cm³/mol. The van der Waals surface area contributed by atoms with E-state index >= 15 is 0 Å². The lowest BCUT2D eigenvalue weighted by atomic mass is 10.2. The van der Waals surface area contributed by atoms with Crippen LogP contribution in [0, 0.1) is 0 Å². The molecular weight excluding hydrogens is 208 g/mol. The molecule has 5 heteroatoms. The first-order chi connectivity index (χ1) is 6.25. The number of aromatic hydroxyl groups is 1. The van der Waals surface area contributed by atoms with E-state index in [9.17, 15) is 0 Å².